The second kappa shape index (κ2) is 4.43. The number of hydrogen-bond acceptors (Lipinski definition) is 2. The van der Waals surface area contributed by atoms with Gasteiger partial charge in [0.15, 0.2) is 5.78 Å². The Morgan fingerprint density at radius 2 is 2.00 bits per heavy atom. The molecule has 0 aliphatic carbocycles. The maximum Gasteiger partial charge on any atom is 0.230 e. The molecule has 84 valence electrons. The minimum atomic E-state index is -0.263. The average molecular weight is 221 g/mol. The number of nitrogens with zero attached hydrogens (tertiary/aromatic N) is 1. The Kier molecular flexibility index (Phi) is 2.99. The molecule has 1 saturated heterocycles. The molecule has 0 spiro atoms. The van der Waals surface area contributed by atoms with Crippen LogP contribution in [0.5, 0.6) is 0 Å². The van der Waals surface area contributed by atoms with E-state index in [9.17, 15) is 14.0 Å². The molecule has 1 aliphatic rings. The van der Waals surface area contributed by atoms with Crippen molar-refractivity contribution in [1.82, 2.24) is 4.90 Å². The van der Waals surface area contributed by atoms with Gasteiger partial charge in [0.1, 0.15) is 5.82 Å². The summed E-state index contributed by atoms with van der Waals surface area (Å²) in [6.45, 7) is 0.582. The SMILES string of the molecule is O=C1CC(=O)N(CCc2ccccc2F)C1. The molecule has 0 aromatic heterocycles. The zero-order valence-corrected chi connectivity index (χ0v) is 8.78. The lowest BCUT2D eigenvalue weighted by Gasteiger charge is -2.14. The second-order valence-electron chi connectivity index (χ2n) is 3.87. The maximum atomic E-state index is 13.3. The van der Waals surface area contributed by atoms with E-state index in [4.69, 9.17) is 0 Å². The number of carbonyl (C=O) groups is 2. The standard InChI is InChI=1S/C12H12FNO2/c13-11-4-2-1-3-9(11)5-6-14-8-10(15)7-12(14)16/h1-4H,5-8H2. The Morgan fingerprint density at radius 1 is 1.25 bits per heavy atom. The third-order valence-corrected chi connectivity index (χ3v) is 2.68. The van der Waals surface area contributed by atoms with Gasteiger partial charge >= 0.3 is 0 Å². The number of ketones is 1. The van der Waals surface area contributed by atoms with Gasteiger partial charge in [-0.2, -0.15) is 0 Å². The van der Waals surface area contributed by atoms with Crippen molar-refractivity contribution >= 4 is 11.7 Å². The molecule has 2 rings (SSSR count). The van der Waals surface area contributed by atoms with Crippen LogP contribution in [0, 0.1) is 5.82 Å². The molecule has 16 heavy (non-hydrogen) atoms. The predicted molar refractivity (Wildman–Crippen MR) is 56.3 cm³/mol. The molecule has 0 saturated carbocycles. The van der Waals surface area contributed by atoms with Crippen LogP contribution in [-0.4, -0.2) is 29.7 Å². The molecule has 1 amide bonds. The van der Waals surface area contributed by atoms with Crippen LogP contribution < -0.4 is 0 Å². The fourth-order valence-electron chi connectivity index (χ4n) is 1.80. The normalized spacial score (nSPS) is 15.9. The van der Waals surface area contributed by atoms with Crippen molar-refractivity contribution in [3.05, 3.63) is 35.6 Å². The topological polar surface area (TPSA) is 37.4 Å². The molecule has 4 heteroatoms. The lowest BCUT2D eigenvalue weighted by molar-refractivity contribution is -0.127. The van der Waals surface area contributed by atoms with Crippen LogP contribution in [0.25, 0.3) is 0 Å². The first-order chi connectivity index (χ1) is 7.66. The van der Waals surface area contributed by atoms with Gasteiger partial charge in [0, 0.05) is 6.54 Å². The monoisotopic (exact) mass is 221 g/mol. The summed E-state index contributed by atoms with van der Waals surface area (Å²) in [7, 11) is 0. The Hall–Kier alpha value is -1.71. The second-order valence-corrected chi connectivity index (χ2v) is 3.87. The molecule has 0 atom stereocenters. The Morgan fingerprint density at radius 3 is 2.62 bits per heavy atom. The Labute approximate surface area is 92.9 Å². The van der Waals surface area contributed by atoms with Crippen LogP contribution >= 0.6 is 0 Å². The highest BCUT2D eigenvalue weighted by molar-refractivity contribution is 6.05. The molecule has 0 unspecified atom stereocenters. The summed E-state index contributed by atoms with van der Waals surface area (Å²) in [5.41, 5.74) is 0.578. The molecule has 3 nitrogen and oxygen atoms in total. The summed E-state index contributed by atoms with van der Waals surface area (Å²) in [6.07, 6.45) is 0.447. The van der Waals surface area contributed by atoms with Gasteiger partial charge in [-0.15, -0.1) is 0 Å². The number of likely N-dealkylation sites (tertiary alicyclic amines) is 1. The van der Waals surface area contributed by atoms with E-state index in [0.29, 0.717) is 18.5 Å². The highest BCUT2D eigenvalue weighted by atomic mass is 19.1. The average Bonchev–Trinajstić information content (AvgIpc) is 2.56. The first kappa shape index (κ1) is 10.8. The van der Waals surface area contributed by atoms with Crippen molar-refractivity contribution in [2.75, 3.05) is 13.1 Å². The molecule has 1 heterocycles. The number of halogens is 1. The smallest absolute Gasteiger partial charge is 0.230 e. The van der Waals surface area contributed by atoms with Gasteiger partial charge in [-0.1, -0.05) is 18.2 Å². The summed E-state index contributed by atoms with van der Waals surface area (Å²) >= 11 is 0. The van der Waals surface area contributed by atoms with Crippen molar-refractivity contribution in [1.29, 1.82) is 0 Å². The number of rotatable bonds is 3. The van der Waals surface area contributed by atoms with Gasteiger partial charge in [0.25, 0.3) is 0 Å². The minimum Gasteiger partial charge on any atom is -0.335 e. The number of Topliss-reactive ketones (excluding diaryl/α,β-unsaturated/α-hetero) is 1. The third-order valence-electron chi connectivity index (χ3n) is 2.68. The zero-order valence-electron chi connectivity index (χ0n) is 8.78. The lowest BCUT2D eigenvalue weighted by atomic mass is 10.1. The van der Waals surface area contributed by atoms with E-state index in [1.165, 1.54) is 11.0 Å². The summed E-state index contributed by atoms with van der Waals surface area (Å²) in [6, 6.07) is 6.47. The molecule has 1 aliphatic heterocycles. The van der Waals surface area contributed by atoms with E-state index in [1.807, 2.05) is 0 Å². The van der Waals surface area contributed by atoms with Crippen molar-refractivity contribution in [3.63, 3.8) is 0 Å². The summed E-state index contributed by atoms with van der Waals surface area (Å²) < 4.78 is 13.3. The maximum absolute atomic E-state index is 13.3. The van der Waals surface area contributed by atoms with Crippen LogP contribution in [0.1, 0.15) is 12.0 Å². The predicted octanol–water partition coefficient (Wildman–Crippen LogP) is 1.17. The lowest BCUT2D eigenvalue weighted by Crippen LogP contribution is -2.27. The van der Waals surface area contributed by atoms with E-state index in [0.717, 1.165) is 0 Å². The molecule has 0 N–H and O–H groups in total. The van der Waals surface area contributed by atoms with Crippen LogP contribution in [-0.2, 0) is 16.0 Å². The number of carbonyl (C=O) groups excluding carboxylic acids is 2. The fourth-order valence-corrected chi connectivity index (χ4v) is 1.80. The third kappa shape index (κ3) is 2.27. The van der Waals surface area contributed by atoms with Crippen LogP contribution in [0.4, 0.5) is 4.39 Å². The summed E-state index contributed by atoms with van der Waals surface area (Å²) in [5, 5.41) is 0. The van der Waals surface area contributed by atoms with Crippen LogP contribution in [0.15, 0.2) is 24.3 Å². The highest BCUT2D eigenvalue weighted by Gasteiger charge is 2.26. The minimum absolute atomic E-state index is 0.00271. The molecule has 1 fully saturated rings. The molecule has 0 bridgehead atoms. The Balaban J connectivity index is 1.95. The zero-order chi connectivity index (χ0) is 11.5. The van der Waals surface area contributed by atoms with Crippen molar-refractivity contribution in [2.45, 2.75) is 12.8 Å². The fraction of sp³-hybridized carbons (Fsp3) is 0.333. The van der Waals surface area contributed by atoms with Crippen LogP contribution in [0.2, 0.25) is 0 Å². The number of amides is 1. The van der Waals surface area contributed by atoms with Gasteiger partial charge in [-0.05, 0) is 18.1 Å². The molecular formula is C12H12FNO2. The van der Waals surface area contributed by atoms with Crippen molar-refractivity contribution < 1.29 is 14.0 Å². The van der Waals surface area contributed by atoms with Gasteiger partial charge in [-0.3, -0.25) is 9.59 Å². The first-order valence-corrected chi connectivity index (χ1v) is 5.19. The number of hydrogen-bond donors (Lipinski definition) is 0. The van der Waals surface area contributed by atoms with Gasteiger partial charge in [0.05, 0.1) is 13.0 Å². The Bertz CT molecular complexity index is 431. The van der Waals surface area contributed by atoms with Gasteiger partial charge in [-0.25, -0.2) is 4.39 Å². The van der Waals surface area contributed by atoms with E-state index in [1.54, 1.807) is 18.2 Å². The van der Waals surface area contributed by atoms with E-state index in [2.05, 4.69) is 0 Å². The van der Waals surface area contributed by atoms with Gasteiger partial charge < -0.3 is 4.90 Å². The van der Waals surface area contributed by atoms with Crippen molar-refractivity contribution in [2.24, 2.45) is 0 Å². The molecule has 1 aromatic carbocycles. The van der Waals surface area contributed by atoms with E-state index < -0.39 is 0 Å². The first-order valence-electron chi connectivity index (χ1n) is 5.19. The van der Waals surface area contributed by atoms with Gasteiger partial charge in [0.2, 0.25) is 5.91 Å². The van der Waals surface area contributed by atoms with Crippen molar-refractivity contribution in [3.8, 4) is 0 Å². The molecular weight excluding hydrogens is 209 g/mol. The van der Waals surface area contributed by atoms with E-state index in [-0.39, 0.29) is 30.5 Å². The largest absolute Gasteiger partial charge is 0.335 e. The highest BCUT2D eigenvalue weighted by Crippen LogP contribution is 2.11. The molecule has 1 aromatic rings. The van der Waals surface area contributed by atoms with E-state index >= 15 is 0 Å². The van der Waals surface area contributed by atoms with Crippen LogP contribution in [0.3, 0.4) is 0 Å². The molecule has 0 radical (unpaired) electrons. The quantitative estimate of drug-likeness (QED) is 0.718. The summed E-state index contributed by atoms with van der Waals surface area (Å²) in [4.78, 5) is 23.8. The number of benzene rings is 1. The summed E-state index contributed by atoms with van der Waals surface area (Å²) in [5.74, 6) is -0.472.